The molecule has 1 aliphatic heterocycles. The van der Waals surface area contributed by atoms with Crippen LogP contribution in [0.1, 0.15) is 27.2 Å². The van der Waals surface area contributed by atoms with E-state index in [4.69, 9.17) is 10.00 Å². The fourth-order valence-corrected chi connectivity index (χ4v) is 4.03. The van der Waals surface area contributed by atoms with E-state index in [9.17, 15) is 18.0 Å². The van der Waals surface area contributed by atoms with Crippen molar-refractivity contribution in [1.82, 2.24) is 9.88 Å². The molecule has 1 aromatic heterocycles. The lowest BCUT2D eigenvalue weighted by molar-refractivity contribution is -0.137. The summed E-state index contributed by atoms with van der Waals surface area (Å²) in [6, 6.07) is 17.5. The van der Waals surface area contributed by atoms with Crippen molar-refractivity contribution >= 4 is 11.6 Å². The summed E-state index contributed by atoms with van der Waals surface area (Å²) in [4.78, 5) is 20.9. The number of carbonyl (C=O) groups excluding carboxylic acids is 1. The van der Waals surface area contributed by atoms with Gasteiger partial charge in [0.2, 0.25) is 0 Å². The first-order chi connectivity index (χ1) is 16.8. The third kappa shape index (κ3) is 5.54. The third-order valence-corrected chi connectivity index (χ3v) is 5.88. The van der Waals surface area contributed by atoms with Gasteiger partial charge in [-0.05, 0) is 49.4 Å². The van der Waals surface area contributed by atoms with E-state index in [1.165, 1.54) is 18.3 Å². The topological polar surface area (TPSA) is 69.5 Å². The number of amides is 1. The molecule has 0 radical (unpaired) electrons. The summed E-state index contributed by atoms with van der Waals surface area (Å²) in [6.07, 6.45) is -3.12. The monoisotopic (exact) mass is 480 g/mol. The molecule has 4 rings (SSSR count). The third-order valence-electron chi connectivity index (χ3n) is 5.88. The van der Waals surface area contributed by atoms with E-state index in [2.05, 4.69) is 4.98 Å². The summed E-state index contributed by atoms with van der Waals surface area (Å²) >= 11 is 0. The molecule has 0 N–H and O–H groups in total. The normalized spacial score (nSPS) is 16.0. The number of hydrogen-bond donors (Lipinski definition) is 0. The molecule has 1 unspecified atom stereocenters. The van der Waals surface area contributed by atoms with Gasteiger partial charge in [0.1, 0.15) is 12.4 Å². The number of anilines is 1. The van der Waals surface area contributed by atoms with Crippen LogP contribution in [0, 0.1) is 18.3 Å². The summed E-state index contributed by atoms with van der Waals surface area (Å²) in [5.74, 6) is 0.418. The van der Waals surface area contributed by atoms with Crippen LogP contribution in [0.5, 0.6) is 5.75 Å². The quantitative estimate of drug-likeness (QED) is 0.530. The zero-order chi connectivity index (χ0) is 25.0. The summed E-state index contributed by atoms with van der Waals surface area (Å²) in [5, 5.41) is 9.10. The maximum absolute atomic E-state index is 13.5. The second-order valence-electron chi connectivity index (χ2n) is 8.25. The highest BCUT2D eigenvalue weighted by Gasteiger charge is 2.36. The minimum Gasteiger partial charge on any atom is -0.491 e. The zero-order valence-electron chi connectivity index (χ0n) is 19.0. The van der Waals surface area contributed by atoms with Gasteiger partial charge in [-0.25, -0.2) is 0 Å². The van der Waals surface area contributed by atoms with E-state index < -0.39 is 23.3 Å². The van der Waals surface area contributed by atoms with Gasteiger partial charge in [0.15, 0.2) is 0 Å². The van der Waals surface area contributed by atoms with E-state index >= 15 is 0 Å². The Kier molecular flexibility index (Phi) is 6.92. The van der Waals surface area contributed by atoms with Gasteiger partial charge in [0.05, 0.1) is 28.8 Å². The van der Waals surface area contributed by atoms with Crippen LogP contribution in [0.2, 0.25) is 0 Å². The molecule has 3 aromatic rings. The Hall–Kier alpha value is -4.06. The predicted molar refractivity (Wildman–Crippen MR) is 124 cm³/mol. The lowest BCUT2D eigenvalue weighted by Crippen LogP contribution is -2.57. The van der Waals surface area contributed by atoms with E-state index in [1.807, 2.05) is 25.1 Å². The summed E-state index contributed by atoms with van der Waals surface area (Å²) in [7, 11) is 0. The number of nitriles is 1. The molecule has 0 aliphatic carbocycles. The first-order valence-corrected chi connectivity index (χ1v) is 11.0. The number of ether oxygens (including phenoxy) is 1. The van der Waals surface area contributed by atoms with Crippen molar-refractivity contribution in [3.05, 3.63) is 89.2 Å². The molecule has 0 spiro atoms. The number of piperazine rings is 1. The van der Waals surface area contributed by atoms with Gasteiger partial charge in [-0.1, -0.05) is 18.2 Å². The fraction of sp³-hybridized carbons (Fsp3) is 0.269. The predicted octanol–water partition coefficient (Wildman–Crippen LogP) is 4.69. The van der Waals surface area contributed by atoms with E-state index in [0.717, 1.165) is 11.8 Å². The van der Waals surface area contributed by atoms with Gasteiger partial charge >= 0.3 is 6.18 Å². The highest BCUT2D eigenvalue weighted by molar-refractivity contribution is 5.94. The highest BCUT2D eigenvalue weighted by Crippen LogP contribution is 2.35. The van der Waals surface area contributed by atoms with Crippen LogP contribution in [0.25, 0.3) is 0 Å². The number of carbonyl (C=O) groups is 1. The molecule has 9 heteroatoms. The molecule has 2 aromatic carbocycles. The average molecular weight is 480 g/mol. The summed E-state index contributed by atoms with van der Waals surface area (Å²) in [5.41, 5.74) is 0.165. The van der Waals surface area contributed by atoms with Crippen molar-refractivity contribution in [2.75, 3.05) is 31.1 Å². The number of alkyl halides is 3. The Morgan fingerprint density at radius 3 is 2.57 bits per heavy atom. The molecule has 35 heavy (non-hydrogen) atoms. The number of pyridine rings is 1. The Bertz CT molecular complexity index is 1220. The maximum Gasteiger partial charge on any atom is 0.417 e. The zero-order valence-corrected chi connectivity index (χ0v) is 19.0. The van der Waals surface area contributed by atoms with Crippen LogP contribution in [-0.2, 0) is 6.18 Å². The Morgan fingerprint density at radius 1 is 1.14 bits per heavy atom. The Labute approximate surface area is 201 Å². The van der Waals surface area contributed by atoms with Crippen LogP contribution < -0.4 is 9.64 Å². The molecule has 1 atom stereocenters. The Balaban J connectivity index is 1.60. The van der Waals surface area contributed by atoms with Gasteiger partial charge in [-0.15, -0.1) is 0 Å². The van der Waals surface area contributed by atoms with Gasteiger partial charge in [0, 0.05) is 37.2 Å². The van der Waals surface area contributed by atoms with E-state index in [0.29, 0.717) is 23.5 Å². The van der Waals surface area contributed by atoms with Crippen molar-refractivity contribution < 1.29 is 22.7 Å². The van der Waals surface area contributed by atoms with Gasteiger partial charge in [-0.2, -0.15) is 18.4 Å². The number of benzene rings is 2. The number of aryl methyl sites for hydroxylation is 1. The number of para-hydroxylation sites is 1. The van der Waals surface area contributed by atoms with Crippen LogP contribution in [0.4, 0.5) is 18.9 Å². The lowest BCUT2D eigenvalue weighted by atomic mass is 10.0. The molecule has 1 amide bonds. The van der Waals surface area contributed by atoms with Crippen LogP contribution >= 0.6 is 0 Å². The fourth-order valence-electron chi connectivity index (χ4n) is 4.03. The standard InChI is InChI=1S/C26H23F3N4O2/c1-18-7-8-20(15-31-18)25(34)33-12-11-32(16-22(33)17-35-23-5-3-2-4-6-23)21-10-9-19(14-30)24(13-21)26(27,28)29/h2-10,13,15,22H,11-12,16-17H2,1H3. The smallest absolute Gasteiger partial charge is 0.417 e. The largest absolute Gasteiger partial charge is 0.491 e. The number of nitrogens with zero attached hydrogens (tertiary/aromatic N) is 4. The van der Waals surface area contributed by atoms with Crippen LogP contribution in [0.15, 0.2) is 66.9 Å². The van der Waals surface area contributed by atoms with Crippen LogP contribution in [0.3, 0.4) is 0 Å². The minimum atomic E-state index is -4.65. The summed E-state index contributed by atoms with van der Waals surface area (Å²) in [6.45, 7) is 2.87. The molecule has 180 valence electrons. The second-order valence-corrected chi connectivity index (χ2v) is 8.25. The van der Waals surface area contributed by atoms with Gasteiger partial charge in [0.25, 0.3) is 5.91 Å². The molecular weight excluding hydrogens is 457 g/mol. The molecule has 1 saturated heterocycles. The number of aromatic nitrogens is 1. The second kappa shape index (κ2) is 10.1. The number of rotatable bonds is 5. The first-order valence-electron chi connectivity index (χ1n) is 11.0. The highest BCUT2D eigenvalue weighted by atomic mass is 19.4. The number of hydrogen-bond acceptors (Lipinski definition) is 5. The van der Waals surface area contributed by atoms with Crippen molar-refractivity contribution in [3.8, 4) is 11.8 Å². The lowest BCUT2D eigenvalue weighted by Gasteiger charge is -2.42. The molecule has 2 heterocycles. The molecule has 1 fully saturated rings. The van der Waals surface area contributed by atoms with Crippen LogP contribution in [-0.4, -0.2) is 48.1 Å². The SMILES string of the molecule is Cc1ccc(C(=O)N2CCN(c3ccc(C#N)c(C(F)(F)F)c3)CC2COc2ccccc2)cn1. The summed E-state index contributed by atoms with van der Waals surface area (Å²) < 4.78 is 46.4. The molecular formula is C26H23F3N4O2. The minimum absolute atomic E-state index is 0.161. The maximum atomic E-state index is 13.5. The van der Waals surface area contributed by atoms with Crippen molar-refractivity contribution in [3.63, 3.8) is 0 Å². The molecule has 0 bridgehead atoms. The first kappa shape index (κ1) is 24.1. The number of halogens is 3. The van der Waals surface area contributed by atoms with Crippen molar-refractivity contribution in [2.24, 2.45) is 0 Å². The average Bonchev–Trinajstić information content (AvgIpc) is 2.87. The van der Waals surface area contributed by atoms with E-state index in [1.54, 1.807) is 40.1 Å². The van der Waals surface area contributed by atoms with Crippen molar-refractivity contribution in [2.45, 2.75) is 19.1 Å². The molecule has 0 saturated carbocycles. The molecule has 6 nitrogen and oxygen atoms in total. The Morgan fingerprint density at radius 2 is 1.91 bits per heavy atom. The van der Waals surface area contributed by atoms with E-state index in [-0.39, 0.29) is 25.6 Å². The molecule has 1 aliphatic rings. The van der Waals surface area contributed by atoms with Gasteiger partial charge < -0.3 is 14.5 Å². The van der Waals surface area contributed by atoms with Gasteiger partial charge in [-0.3, -0.25) is 9.78 Å². The van der Waals surface area contributed by atoms with Crippen molar-refractivity contribution in [1.29, 1.82) is 5.26 Å².